The largest absolute Gasteiger partial charge is 0.441 e. The van der Waals surface area contributed by atoms with Gasteiger partial charge in [0, 0.05) is 50.3 Å². The summed E-state index contributed by atoms with van der Waals surface area (Å²) in [4.78, 5) is 21.1. The van der Waals surface area contributed by atoms with Gasteiger partial charge in [0.2, 0.25) is 5.91 Å². The fourth-order valence-corrected chi connectivity index (χ4v) is 3.54. The standard InChI is InChI=1S/C23H25N3O2/c1-2-22-24-16-21(28-22)19-8-10-20(11-9-19)25-13-12-23(27)26(15-14-25)17-18-6-4-3-5-7-18/h3-11,16H,2,12-15,17H2,1H3. The summed E-state index contributed by atoms with van der Waals surface area (Å²) in [6, 6.07) is 18.5. The van der Waals surface area contributed by atoms with Crippen molar-refractivity contribution in [2.45, 2.75) is 26.3 Å². The van der Waals surface area contributed by atoms with Gasteiger partial charge in [0.15, 0.2) is 11.7 Å². The maximum absolute atomic E-state index is 12.5. The summed E-state index contributed by atoms with van der Waals surface area (Å²) in [5.41, 5.74) is 3.33. The Morgan fingerprint density at radius 1 is 1.00 bits per heavy atom. The number of oxazole rings is 1. The first kappa shape index (κ1) is 18.3. The van der Waals surface area contributed by atoms with Gasteiger partial charge in [0.05, 0.1) is 6.20 Å². The smallest absolute Gasteiger partial charge is 0.224 e. The molecule has 1 fully saturated rings. The molecule has 0 atom stereocenters. The Morgan fingerprint density at radius 2 is 1.79 bits per heavy atom. The molecule has 1 aromatic heterocycles. The molecule has 1 aliphatic heterocycles. The van der Waals surface area contributed by atoms with Crippen LogP contribution >= 0.6 is 0 Å². The first-order valence-electron chi connectivity index (χ1n) is 9.84. The normalized spacial score (nSPS) is 15.0. The summed E-state index contributed by atoms with van der Waals surface area (Å²) >= 11 is 0. The van der Waals surface area contributed by atoms with E-state index in [0.717, 1.165) is 49.0 Å². The van der Waals surface area contributed by atoms with Gasteiger partial charge in [-0.15, -0.1) is 0 Å². The van der Waals surface area contributed by atoms with Crippen molar-refractivity contribution < 1.29 is 9.21 Å². The monoisotopic (exact) mass is 375 g/mol. The molecule has 28 heavy (non-hydrogen) atoms. The third-order valence-electron chi connectivity index (χ3n) is 5.18. The molecule has 1 amide bonds. The summed E-state index contributed by atoms with van der Waals surface area (Å²) in [5, 5.41) is 0. The van der Waals surface area contributed by atoms with Gasteiger partial charge in [-0.2, -0.15) is 0 Å². The Morgan fingerprint density at radius 3 is 2.50 bits per heavy atom. The highest BCUT2D eigenvalue weighted by Crippen LogP contribution is 2.25. The van der Waals surface area contributed by atoms with Crippen LogP contribution in [0.3, 0.4) is 0 Å². The molecule has 0 spiro atoms. The Hall–Kier alpha value is -3.08. The van der Waals surface area contributed by atoms with E-state index in [1.807, 2.05) is 30.0 Å². The van der Waals surface area contributed by atoms with Crippen molar-refractivity contribution in [2.24, 2.45) is 0 Å². The minimum Gasteiger partial charge on any atom is -0.441 e. The molecule has 5 nitrogen and oxygen atoms in total. The predicted octanol–water partition coefficient (Wildman–Crippen LogP) is 4.14. The van der Waals surface area contributed by atoms with E-state index in [1.165, 1.54) is 5.56 Å². The molecule has 0 bridgehead atoms. The second kappa shape index (κ2) is 8.30. The van der Waals surface area contributed by atoms with Crippen LogP contribution in [0.1, 0.15) is 24.8 Å². The lowest BCUT2D eigenvalue weighted by Gasteiger charge is -2.24. The second-order valence-corrected chi connectivity index (χ2v) is 7.06. The van der Waals surface area contributed by atoms with E-state index in [9.17, 15) is 4.79 Å². The van der Waals surface area contributed by atoms with Crippen molar-refractivity contribution in [3.63, 3.8) is 0 Å². The Balaban J connectivity index is 1.43. The van der Waals surface area contributed by atoms with E-state index in [-0.39, 0.29) is 5.91 Å². The Bertz CT molecular complexity index is 919. The average Bonchev–Trinajstić information content (AvgIpc) is 3.15. The topological polar surface area (TPSA) is 49.6 Å². The highest BCUT2D eigenvalue weighted by Gasteiger charge is 2.21. The number of carbonyl (C=O) groups is 1. The first-order valence-corrected chi connectivity index (χ1v) is 9.84. The van der Waals surface area contributed by atoms with Crippen LogP contribution in [0.15, 0.2) is 65.2 Å². The highest BCUT2D eigenvalue weighted by atomic mass is 16.4. The van der Waals surface area contributed by atoms with Crippen molar-refractivity contribution >= 4 is 11.6 Å². The molecule has 1 saturated heterocycles. The molecule has 0 radical (unpaired) electrons. The number of amides is 1. The third-order valence-corrected chi connectivity index (χ3v) is 5.18. The van der Waals surface area contributed by atoms with Gasteiger partial charge in [-0.05, 0) is 29.8 Å². The third kappa shape index (κ3) is 4.09. The molecule has 2 heterocycles. The number of carbonyl (C=O) groups excluding carboxylic acids is 1. The molecule has 0 N–H and O–H groups in total. The highest BCUT2D eigenvalue weighted by molar-refractivity contribution is 5.77. The minimum absolute atomic E-state index is 0.219. The average molecular weight is 375 g/mol. The maximum Gasteiger partial charge on any atom is 0.224 e. The molecule has 4 rings (SSSR count). The van der Waals surface area contributed by atoms with E-state index in [4.69, 9.17) is 4.42 Å². The van der Waals surface area contributed by atoms with Crippen molar-refractivity contribution in [3.8, 4) is 11.3 Å². The van der Waals surface area contributed by atoms with Gasteiger partial charge in [-0.3, -0.25) is 4.79 Å². The minimum atomic E-state index is 0.219. The summed E-state index contributed by atoms with van der Waals surface area (Å²) in [6.45, 7) is 5.02. The van der Waals surface area contributed by atoms with Crippen LogP contribution in [-0.2, 0) is 17.8 Å². The molecule has 5 heteroatoms. The van der Waals surface area contributed by atoms with Gasteiger partial charge in [0.1, 0.15) is 0 Å². The van der Waals surface area contributed by atoms with Crippen molar-refractivity contribution in [1.82, 2.24) is 9.88 Å². The zero-order valence-corrected chi connectivity index (χ0v) is 16.2. The molecule has 0 aliphatic carbocycles. The number of hydrogen-bond donors (Lipinski definition) is 0. The second-order valence-electron chi connectivity index (χ2n) is 7.06. The van der Waals surface area contributed by atoms with E-state index in [2.05, 4.69) is 46.3 Å². The molecule has 0 saturated carbocycles. The zero-order valence-electron chi connectivity index (χ0n) is 16.2. The van der Waals surface area contributed by atoms with Gasteiger partial charge in [-0.1, -0.05) is 37.3 Å². The number of nitrogens with zero attached hydrogens (tertiary/aromatic N) is 3. The van der Waals surface area contributed by atoms with Crippen molar-refractivity contribution in [3.05, 3.63) is 72.2 Å². The molecule has 3 aromatic rings. The molecule has 144 valence electrons. The van der Waals surface area contributed by atoms with E-state index in [0.29, 0.717) is 13.0 Å². The van der Waals surface area contributed by atoms with Crippen LogP contribution in [0.2, 0.25) is 0 Å². The van der Waals surface area contributed by atoms with Crippen molar-refractivity contribution in [2.75, 3.05) is 24.5 Å². The predicted molar refractivity (Wildman–Crippen MR) is 110 cm³/mol. The lowest BCUT2D eigenvalue weighted by molar-refractivity contribution is -0.130. The first-order chi connectivity index (χ1) is 13.7. The Labute approximate surface area is 165 Å². The van der Waals surface area contributed by atoms with Crippen LogP contribution < -0.4 is 4.90 Å². The summed E-state index contributed by atoms with van der Waals surface area (Å²) in [5.74, 6) is 1.77. The number of aryl methyl sites for hydroxylation is 1. The van der Waals surface area contributed by atoms with Crippen LogP contribution in [0.5, 0.6) is 0 Å². The zero-order chi connectivity index (χ0) is 19.3. The van der Waals surface area contributed by atoms with Crippen LogP contribution in [0.25, 0.3) is 11.3 Å². The van der Waals surface area contributed by atoms with E-state index in [1.54, 1.807) is 6.20 Å². The van der Waals surface area contributed by atoms with Gasteiger partial charge >= 0.3 is 0 Å². The fraction of sp³-hybridized carbons (Fsp3) is 0.304. The lowest BCUT2D eigenvalue weighted by Crippen LogP contribution is -2.32. The van der Waals surface area contributed by atoms with Crippen LogP contribution in [0, 0.1) is 0 Å². The van der Waals surface area contributed by atoms with Crippen molar-refractivity contribution in [1.29, 1.82) is 0 Å². The number of aromatic nitrogens is 1. The molecule has 2 aromatic carbocycles. The number of hydrogen-bond acceptors (Lipinski definition) is 4. The van der Waals surface area contributed by atoms with Gasteiger partial charge < -0.3 is 14.2 Å². The molecule has 0 unspecified atom stereocenters. The molecular weight excluding hydrogens is 350 g/mol. The molecule has 1 aliphatic rings. The fourth-order valence-electron chi connectivity index (χ4n) is 3.54. The maximum atomic E-state index is 12.5. The number of anilines is 1. The van der Waals surface area contributed by atoms with Crippen LogP contribution in [0.4, 0.5) is 5.69 Å². The van der Waals surface area contributed by atoms with E-state index < -0.39 is 0 Å². The quantitative estimate of drug-likeness (QED) is 0.672. The number of rotatable bonds is 5. The van der Waals surface area contributed by atoms with Gasteiger partial charge in [-0.25, -0.2) is 4.98 Å². The van der Waals surface area contributed by atoms with E-state index >= 15 is 0 Å². The van der Waals surface area contributed by atoms with Gasteiger partial charge in [0.25, 0.3) is 0 Å². The Kier molecular flexibility index (Phi) is 5.42. The number of benzene rings is 2. The summed E-state index contributed by atoms with van der Waals surface area (Å²) < 4.78 is 5.73. The molecular formula is C23H25N3O2. The lowest BCUT2D eigenvalue weighted by atomic mass is 10.1. The SMILES string of the molecule is CCc1ncc(-c2ccc(N3CCC(=O)N(Cc4ccccc4)CC3)cc2)o1. The summed E-state index contributed by atoms with van der Waals surface area (Å²) in [7, 11) is 0. The van der Waals surface area contributed by atoms with Crippen LogP contribution in [-0.4, -0.2) is 35.4 Å². The summed E-state index contributed by atoms with van der Waals surface area (Å²) in [6.07, 6.45) is 3.11.